The number of fused-ring (bicyclic) bond motifs is 1. The Morgan fingerprint density at radius 1 is 1.19 bits per heavy atom. The van der Waals surface area contributed by atoms with E-state index >= 15 is 0 Å². The second-order valence-electron chi connectivity index (χ2n) is 9.03. The second kappa shape index (κ2) is 8.57. The lowest BCUT2D eigenvalue weighted by Gasteiger charge is -2.16. The van der Waals surface area contributed by atoms with Gasteiger partial charge >= 0.3 is 6.03 Å². The number of anilines is 1. The van der Waals surface area contributed by atoms with Gasteiger partial charge in [-0.15, -0.1) is 0 Å². The molecular formula is C23H27FN6O2. The highest BCUT2D eigenvalue weighted by Crippen LogP contribution is 2.26. The number of hydrogen-bond donors (Lipinski definition) is 3. The van der Waals surface area contributed by atoms with Gasteiger partial charge in [-0.25, -0.2) is 14.2 Å². The number of halogens is 1. The number of carbonyl (C=O) groups is 1. The predicted molar refractivity (Wildman–Crippen MR) is 120 cm³/mol. The van der Waals surface area contributed by atoms with Gasteiger partial charge < -0.3 is 5.32 Å². The molecule has 9 heteroatoms. The highest BCUT2D eigenvalue weighted by Gasteiger charge is 2.24. The fourth-order valence-corrected chi connectivity index (χ4v) is 3.63. The summed E-state index contributed by atoms with van der Waals surface area (Å²) >= 11 is 0. The fraction of sp³-hybridized carbons (Fsp3) is 0.391. The first-order chi connectivity index (χ1) is 15.2. The maximum atomic E-state index is 13.1. The summed E-state index contributed by atoms with van der Waals surface area (Å²) < 4.78 is 14.5. The number of urea groups is 1. The summed E-state index contributed by atoms with van der Waals surface area (Å²) in [5.41, 5.74) is 2.59. The Labute approximate surface area is 185 Å². The Kier molecular flexibility index (Phi) is 5.82. The Morgan fingerprint density at radius 3 is 2.62 bits per heavy atom. The van der Waals surface area contributed by atoms with Gasteiger partial charge in [0.1, 0.15) is 11.6 Å². The van der Waals surface area contributed by atoms with Crippen LogP contribution in [0.5, 0.6) is 0 Å². The molecule has 1 aliphatic rings. The van der Waals surface area contributed by atoms with Crippen molar-refractivity contribution in [2.45, 2.75) is 58.4 Å². The van der Waals surface area contributed by atoms with Crippen LogP contribution in [0, 0.1) is 5.82 Å². The van der Waals surface area contributed by atoms with Gasteiger partial charge in [0.05, 0.1) is 11.4 Å². The average molecular weight is 439 g/mol. The summed E-state index contributed by atoms with van der Waals surface area (Å²) in [4.78, 5) is 32.6. The molecule has 8 nitrogen and oxygen atoms in total. The van der Waals surface area contributed by atoms with Crippen LogP contribution in [-0.2, 0) is 24.8 Å². The fourth-order valence-electron chi connectivity index (χ4n) is 3.63. The monoisotopic (exact) mass is 438 g/mol. The standard InChI is InChI=1S/C23H27FN6O2/c1-23(2,3)18-12-19(27-22(32)25-13-14-8-10-15(24)11-9-14)30(29-18)21-26-17-7-5-4-6-16(17)20(31)28-21/h8-12H,4-7,13H2,1-3H3,(H2,25,27,32)(H,26,28,31). The lowest BCUT2D eigenvalue weighted by Crippen LogP contribution is -2.30. The average Bonchev–Trinajstić information content (AvgIpc) is 3.17. The maximum absolute atomic E-state index is 13.1. The molecule has 4 rings (SSSR count). The number of amides is 2. The largest absolute Gasteiger partial charge is 0.334 e. The molecule has 0 atom stereocenters. The van der Waals surface area contributed by atoms with Crippen LogP contribution in [0.25, 0.3) is 5.95 Å². The summed E-state index contributed by atoms with van der Waals surface area (Å²) in [7, 11) is 0. The number of benzene rings is 1. The van der Waals surface area contributed by atoms with E-state index in [1.807, 2.05) is 20.8 Å². The number of H-pyrrole nitrogens is 1. The lowest BCUT2D eigenvalue weighted by atomic mass is 9.92. The molecule has 0 saturated heterocycles. The van der Waals surface area contributed by atoms with E-state index in [9.17, 15) is 14.0 Å². The molecule has 0 radical (unpaired) electrons. The maximum Gasteiger partial charge on any atom is 0.320 e. The van der Waals surface area contributed by atoms with Crippen LogP contribution in [0.3, 0.4) is 0 Å². The number of rotatable bonds is 4. The van der Waals surface area contributed by atoms with Crippen molar-refractivity contribution in [2.75, 3.05) is 5.32 Å². The first kappa shape index (κ1) is 21.7. The van der Waals surface area contributed by atoms with Crippen LogP contribution in [0.2, 0.25) is 0 Å². The smallest absolute Gasteiger partial charge is 0.320 e. The Morgan fingerprint density at radius 2 is 1.91 bits per heavy atom. The van der Waals surface area contributed by atoms with E-state index in [1.165, 1.54) is 16.8 Å². The van der Waals surface area contributed by atoms with Crippen LogP contribution in [0.1, 0.15) is 56.1 Å². The molecule has 168 valence electrons. The first-order valence-electron chi connectivity index (χ1n) is 10.7. The molecule has 2 amide bonds. The van der Waals surface area contributed by atoms with Gasteiger partial charge in [-0.1, -0.05) is 32.9 Å². The molecule has 0 bridgehead atoms. The zero-order chi connectivity index (χ0) is 22.9. The molecule has 3 aromatic rings. The third kappa shape index (κ3) is 4.71. The first-order valence-corrected chi connectivity index (χ1v) is 10.7. The molecule has 0 fully saturated rings. The van der Waals surface area contributed by atoms with E-state index in [4.69, 9.17) is 0 Å². The summed E-state index contributed by atoms with van der Waals surface area (Å²) in [6.07, 6.45) is 3.45. The van der Waals surface area contributed by atoms with Crippen LogP contribution >= 0.6 is 0 Å². The Hall–Kier alpha value is -3.49. The van der Waals surface area contributed by atoms with Gasteiger partial charge in [0.2, 0.25) is 5.95 Å². The van der Waals surface area contributed by atoms with E-state index in [0.29, 0.717) is 5.82 Å². The summed E-state index contributed by atoms with van der Waals surface area (Å²) in [6.45, 7) is 6.28. The third-order valence-electron chi connectivity index (χ3n) is 5.47. The molecule has 2 aromatic heterocycles. The number of hydrogen-bond acceptors (Lipinski definition) is 4. The van der Waals surface area contributed by atoms with Gasteiger partial charge in [-0.2, -0.15) is 9.78 Å². The molecular weight excluding hydrogens is 411 g/mol. The highest BCUT2D eigenvalue weighted by atomic mass is 19.1. The highest BCUT2D eigenvalue weighted by molar-refractivity contribution is 5.88. The predicted octanol–water partition coefficient (Wildman–Crippen LogP) is 3.59. The van der Waals surface area contributed by atoms with Crippen LogP contribution < -0.4 is 16.2 Å². The molecule has 0 spiro atoms. The quantitative estimate of drug-likeness (QED) is 0.579. The Balaban J connectivity index is 1.61. The van der Waals surface area contributed by atoms with E-state index in [-0.39, 0.29) is 29.3 Å². The molecule has 0 aliphatic heterocycles. The van der Waals surface area contributed by atoms with Crippen molar-refractivity contribution in [3.05, 3.63) is 69.0 Å². The van der Waals surface area contributed by atoms with E-state index in [0.717, 1.165) is 48.2 Å². The number of nitrogens with zero attached hydrogens (tertiary/aromatic N) is 3. The van der Waals surface area contributed by atoms with Crippen molar-refractivity contribution >= 4 is 11.8 Å². The SMILES string of the molecule is CC(C)(C)c1cc(NC(=O)NCc2ccc(F)cc2)n(-c2nc3c(c(=O)[nH]2)CCCC3)n1. The third-order valence-corrected chi connectivity index (χ3v) is 5.47. The van der Waals surface area contributed by atoms with Gasteiger partial charge in [-0.05, 0) is 43.4 Å². The number of aromatic amines is 1. The van der Waals surface area contributed by atoms with Crippen molar-refractivity contribution in [3.8, 4) is 5.95 Å². The molecule has 3 N–H and O–H groups in total. The second-order valence-corrected chi connectivity index (χ2v) is 9.03. The number of aryl methyl sites for hydroxylation is 1. The van der Waals surface area contributed by atoms with Gasteiger partial charge in [0.25, 0.3) is 5.56 Å². The summed E-state index contributed by atoms with van der Waals surface area (Å²) in [6, 6.07) is 7.24. The normalized spacial score (nSPS) is 13.5. The lowest BCUT2D eigenvalue weighted by molar-refractivity contribution is 0.251. The minimum absolute atomic E-state index is 0.163. The number of nitrogens with one attached hydrogen (secondary N) is 3. The van der Waals surface area contributed by atoms with E-state index < -0.39 is 6.03 Å². The van der Waals surface area contributed by atoms with Crippen molar-refractivity contribution in [2.24, 2.45) is 0 Å². The zero-order valence-corrected chi connectivity index (χ0v) is 18.5. The minimum Gasteiger partial charge on any atom is -0.334 e. The van der Waals surface area contributed by atoms with Gasteiger partial charge in [-0.3, -0.25) is 15.1 Å². The molecule has 32 heavy (non-hydrogen) atoms. The van der Waals surface area contributed by atoms with Gasteiger partial charge in [0.15, 0.2) is 0 Å². The van der Waals surface area contributed by atoms with Crippen molar-refractivity contribution in [1.82, 2.24) is 25.1 Å². The van der Waals surface area contributed by atoms with E-state index in [1.54, 1.807) is 18.2 Å². The molecule has 1 aliphatic carbocycles. The van der Waals surface area contributed by atoms with Crippen LogP contribution in [0.15, 0.2) is 35.1 Å². The van der Waals surface area contributed by atoms with Crippen molar-refractivity contribution in [1.29, 1.82) is 0 Å². The van der Waals surface area contributed by atoms with Crippen molar-refractivity contribution in [3.63, 3.8) is 0 Å². The zero-order valence-electron chi connectivity index (χ0n) is 18.5. The van der Waals surface area contributed by atoms with Crippen LogP contribution in [-0.4, -0.2) is 25.8 Å². The summed E-state index contributed by atoms with van der Waals surface area (Å²) in [5, 5.41) is 10.2. The Bertz CT molecular complexity index is 1190. The molecule has 0 unspecified atom stereocenters. The molecule has 0 saturated carbocycles. The number of carbonyl (C=O) groups excluding carboxylic acids is 1. The minimum atomic E-state index is -0.448. The topological polar surface area (TPSA) is 105 Å². The van der Waals surface area contributed by atoms with Crippen LogP contribution in [0.4, 0.5) is 15.0 Å². The summed E-state index contributed by atoms with van der Waals surface area (Å²) in [5.74, 6) is 0.341. The van der Waals surface area contributed by atoms with E-state index in [2.05, 4.69) is 25.7 Å². The molecule has 2 heterocycles. The number of aromatic nitrogens is 4. The molecule has 1 aromatic carbocycles. The van der Waals surface area contributed by atoms with Crippen molar-refractivity contribution < 1.29 is 9.18 Å². The van der Waals surface area contributed by atoms with Gasteiger partial charge in [0, 0.05) is 23.6 Å².